The van der Waals surface area contributed by atoms with Crippen molar-refractivity contribution in [3.8, 4) is 27.6 Å². The number of aromatic nitrogens is 2. The van der Waals surface area contributed by atoms with Crippen molar-refractivity contribution in [3.63, 3.8) is 0 Å². The minimum absolute atomic E-state index is 0.862. The normalized spacial score (nSPS) is 14.9. The van der Waals surface area contributed by atoms with Crippen LogP contribution in [0.3, 0.4) is 0 Å². The molecule has 3 aromatic rings. The molecule has 0 unspecified atom stereocenters. The number of nitrogens with zero attached hydrogens (tertiary/aromatic N) is 3. The molecule has 1 saturated heterocycles. The monoisotopic (exact) mass is 365 g/mol. The quantitative estimate of drug-likeness (QED) is 0.632. The summed E-state index contributed by atoms with van der Waals surface area (Å²) < 4.78 is 5.23. The van der Waals surface area contributed by atoms with Crippen LogP contribution in [0, 0.1) is 0 Å². The number of thiazole rings is 1. The molecule has 0 saturated carbocycles. The highest BCUT2D eigenvalue weighted by molar-refractivity contribution is 7.13. The van der Waals surface area contributed by atoms with Crippen LogP contribution in [0.15, 0.2) is 48.0 Å². The third-order valence-electron chi connectivity index (χ3n) is 4.81. The van der Waals surface area contributed by atoms with Gasteiger partial charge in [-0.25, -0.2) is 9.97 Å². The summed E-state index contributed by atoms with van der Waals surface area (Å²) in [7, 11) is 1.68. The first-order valence-electron chi connectivity index (χ1n) is 9.15. The zero-order valence-electron chi connectivity index (χ0n) is 15.0. The minimum atomic E-state index is 0.862. The summed E-state index contributed by atoms with van der Waals surface area (Å²) in [5.74, 6) is 1.94. The molecular weight excluding hydrogens is 342 g/mol. The van der Waals surface area contributed by atoms with Gasteiger partial charge in [-0.05, 0) is 49.2 Å². The molecule has 1 aromatic carbocycles. The molecule has 1 fully saturated rings. The molecule has 26 heavy (non-hydrogen) atoms. The Morgan fingerprint density at radius 1 is 0.962 bits per heavy atom. The maximum atomic E-state index is 5.23. The van der Waals surface area contributed by atoms with Gasteiger partial charge in [0.2, 0.25) is 0 Å². The van der Waals surface area contributed by atoms with E-state index in [-0.39, 0.29) is 0 Å². The van der Waals surface area contributed by atoms with E-state index in [1.54, 1.807) is 18.4 Å². The van der Waals surface area contributed by atoms with Gasteiger partial charge < -0.3 is 9.64 Å². The smallest absolute Gasteiger partial charge is 0.129 e. The second-order valence-corrected chi connectivity index (χ2v) is 7.43. The van der Waals surface area contributed by atoms with Crippen LogP contribution >= 0.6 is 11.3 Å². The molecule has 0 amide bonds. The topological polar surface area (TPSA) is 38.2 Å². The zero-order valence-corrected chi connectivity index (χ0v) is 15.8. The lowest BCUT2D eigenvalue weighted by molar-refractivity contribution is 0.415. The third kappa shape index (κ3) is 3.73. The number of benzene rings is 1. The van der Waals surface area contributed by atoms with Crippen LogP contribution in [-0.2, 0) is 0 Å². The summed E-state index contributed by atoms with van der Waals surface area (Å²) in [5, 5.41) is 3.15. The highest BCUT2D eigenvalue weighted by atomic mass is 32.1. The molecule has 3 heterocycles. The molecule has 0 aliphatic carbocycles. The standard InChI is InChI=1S/C21H23N3OS/c1-25-18-8-6-16(7-9-18)19-15-26-21(23-19)17-10-11-22-20(14-17)24-12-4-2-3-5-13-24/h6-11,14-15H,2-5,12-13H2,1H3. The molecule has 0 atom stereocenters. The molecule has 4 nitrogen and oxygen atoms in total. The summed E-state index contributed by atoms with van der Waals surface area (Å²) in [5.41, 5.74) is 3.25. The number of hydrogen-bond donors (Lipinski definition) is 0. The Kier molecular flexibility index (Phi) is 5.16. The van der Waals surface area contributed by atoms with E-state index < -0.39 is 0 Å². The first-order chi connectivity index (χ1) is 12.8. The van der Waals surface area contributed by atoms with Crippen molar-refractivity contribution < 1.29 is 4.74 Å². The lowest BCUT2D eigenvalue weighted by Crippen LogP contribution is -2.24. The summed E-state index contributed by atoms with van der Waals surface area (Å²) in [6.07, 6.45) is 7.07. The molecule has 0 bridgehead atoms. The van der Waals surface area contributed by atoms with E-state index in [1.807, 2.05) is 30.5 Å². The molecule has 4 rings (SSSR count). The molecule has 0 radical (unpaired) electrons. The Balaban J connectivity index is 1.57. The van der Waals surface area contributed by atoms with E-state index in [9.17, 15) is 0 Å². The molecule has 5 heteroatoms. The average molecular weight is 366 g/mol. The van der Waals surface area contributed by atoms with Gasteiger partial charge in [0.15, 0.2) is 0 Å². The maximum absolute atomic E-state index is 5.23. The summed E-state index contributed by atoms with van der Waals surface area (Å²) in [4.78, 5) is 11.9. The first-order valence-corrected chi connectivity index (χ1v) is 10.0. The number of rotatable bonds is 4. The number of pyridine rings is 1. The van der Waals surface area contributed by atoms with Crippen molar-refractivity contribution >= 4 is 17.2 Å². The molecule has 0 N–H and O–H groups in total. The van der Waals surface area contributed by atoms with Gasteiger partial charge in [-0.3, -0.25) is 0 Å². The molecule has 1 aliphatic heterocycles. The van der Waals surface area contributed by atoms with Crippen molar-refractivity contribution in [3.05, 3.63) is 48.0 Å². The van der Waals surface area contributed by atoms with Gasteiger partial charge in [-0.1, -0.05) is 12.8 Å². The molecule has 0 spiro atoms. The Morgan fingerprint density at radius 2 is 1.73 bits per heavy atom. The summed E-state index contributed by atoms with van der Waals surface area (Å²) in [6, 6.07) is 12.3. The third-order valence-corrected chi connectivity index (χ3v) is 5.70. The maximum Gasteiger partial charge on any atom is 0.129 e. The van der Waals surface area contributed by atoms with Gasteiger partial charge in [0, 0.05) is 35.8 Å². The Bertz CT molecular complexity index is 852. The van der Waals surface area contributed by atoms with Gasteiger partial charge in [0.25, 0.3) is 0 Å². The molecule has 1 aliphatic rings. The van der Waals surface area contributed by atoms with E-state index in [0.29, 0.717) is 0 Å². The van der Waals surface area contributed by atoms with Gasteiger partial charge >= 0.3 is 0 Å². The first kappa shape index (κ1) is 17.0. The van der Waals surface area contributed by atoms with Gasteiger partial charge in [-0.2, -0.15) is 0 Å². The van der Waals surface area contributed by atoms with E-state index in [1.165, 1.54) is 25.7 Å². The van der Waals surface area contributed by atoms with Crippen LogP contribution in [0.4, 0.5) is 5.82 Å². The van der Waals surface area contributed by atoms with Crippen LogP contribution in [-0.4, -0.2) is 30.2 Å². The average Bonchev–Trinajstić information content (AvgIpc) is 3.04. The fourth-order valence-corrected chi connectivity index (χ4v) is 4.15. The van der Waals surface area contributed by atoms with Crippen LogP contribution < -0.4 is 9.64 Å². The van der Waals surface area contributed by atoms with Crippen molar-refractivity contribution in [2.24, 2.45) is 0 Å². The molecule has 2 aromatic heterocycles. The highest BCUT2D eigenvalue weighted by Gasteiger charge is 2.13. The van der Waals surface area contributed by atoms with Crippen LogP contribution in [0.1, 0.15) is 25.7 Å². The zero-order chi connectivity index (χ0) is 17.8. The van der Waals surface area contributed by atoms with Gasteiger partial charge in [0.1, 0.15) is 16.6 Å². The van der Waals surface area contributed by atoms with E-state index >= 15 is 0 Å². The fourth-order valence-electron chi connectivity index (χ4n) is 3.32. The second kappa shape index (κ2) is 7.87. The minimum Gasteiger partial charge on any atom is -0.497 e. The van der Waals surface area contributed by atoms with Crippen LogP contribution in [0.25, 0.3) is 21.8 Å². The molecule has 134 valence electrons. The Morgan fingerprint density at radius 3 is 2.46 bits per heavy atom. The fraction of sp³-hybridized carbons (Fsp3) is 0.333. The van der Waals surface area contributed by atoms with Crippen molar-refractivity contribution in [1.29, 1.82) is 0 Å². The van der Waals surface area contributed by atoms with Gasteiger partial charge in [0.05, 0.1) is 12.8 Å². The van der Waals surface area contributed by atoms with Crippen molar-refractivity contribution in [2.45, 2.75) is 25.7 Å². The predicted molar refractivity (Wildman–Crippen MR) is 108 cm³/mol. The number of hydrogen-bond acceptors (Lipinski definition) is 5. The lowest BCUT2D eigenvalue weighted by Gasteiger charge is -2.21. The van der Waals surface area contributed by atoms with Crippen LogP contribution in [0.2, 0.25) is 0 Å². The van der Waals surface area contributed by atoms with Crippen molar-refractivity contribution in [1.82, 2.24) is 9.97 Å². The SMILES string of the molecule is COc1ccc(-c2csc(-c3ccnc(N4CCCCCC4)c3)n2)cc1. The predicted octanol–water partition coefficient (Wildman–Crippen LogP) is 5.26. The van der Waals surface area contributed by atoms with Crippen LogP contribution in [0.5, 0.6) is 5.75 Å². The lowest BCUT2D eigenvalue weighted by atomic mass is 10.1. The second-order valence-electron chi connectivity index (χ2n) is 6.57. The summed E-state index contributed by atoms with van der Waals surface area (Å²) >= 11 is 1.68. The Labute approximate surface area is 158 Å². The Hall–Kier alpha value is -2.40. The number of methoxy groups -OCH3 is 1. The largest absolute Gasteiger partial charge is 0.497 e. The number of ether oxygens (including phenoxy) is 1. The number of anilines is 1. The van der Waals surface area contributed by atoms with E-state index in [0.717, 1.165) is 46.5 Å². The molecular formula is C21H23N3OS. The van der Waals surface area contributed by atoms with Gasteiger partial charge in [-0.15, -0.1) is 11.3 Å². The van der Waals surface area contributed by atoms with E-state index in [2.05, 4.69) is 27.4 Å². The summed E-state index contributed by atoms with van der Waals surface area (Å²) in [6.45, 7) is 2.21. The highest BCUT2D eigenvalue weighted by Crippen LogP contribution is 2.31. The van der Waals surface area contributed by atoms with E-state index in [4.69, 9.17) is 9.72 Å². The van der Waals surface area contributed by atoms with Crippen molar-refractivity contribution in [2.75, 3.05) is 25.1 Å².